The maximum Gasteiger partial charge on any atom is 0.292 e. The lowest BCUT2D eigenvalue weighted by Gasteiger charge is -2.19. The highest BCUT2D eigenvalue weighted by Gasteiger charge is 2.17. The fraction of sp³-hybridized carbons (Fsp3) is 0.286. The zero-order valence-electron chi connectivity index (χ0n) is 12.2. The third-order valence-electron chi connectivity index (χ3n) is 3.15. The van der Waals surface area contributed by atoms with E-state index in [1.165, 1.54) is 22.7 Å². The zero-order valence-corrected chi connectivity index (χ0v) is 12.2. The minimum absolute atomic E-state index is 0.217. The van der Waals surface area contributed by atoms with Gasteiger partial charge in [0.2, 0.25) is 5.91 Å². The van der Waals surface area contributed by atoms with Gasteiger partial charge in [-0.2, -0.15) is 5.10 Å². The van der Waals surface area contributed by atoms with Crippen LogP contribution in [0.1, 0.15) is 12.5 Å². The smallest absolute Gasteiger partial charge is 0.292 e. The fourth-order valence-corrected chi connectivity index (χ4v) is 1.84. The van der Waals surface area contributed by atoms with E-state index in [9.17, 15) is 9.59 Å². The summed E-state index contributed by atoms with van der Waals surface area (Å²) in [7, 11) is 3.11. The molecule has 0 unspecified atom stereocenters. The summed E-state index contributed by atoms with van der Waals surface area (Å²) >= 11 is 0. The molecule has 2 aromatic rings. The highest BCUT2D eigenvalue weighted by molar-refractivity contribution is 5.94. The molecule has 0 bridgehead atoms. The van der Waals surface area contributed by atoms with Crippen LogP contribution >= 0.6 is 0 Å². The molecule has 0 atom stereocenters. The van der Waals surface area contributed by atoms with E-state index in [0.29, 0.717) is 12.2 Å². The standard InChI is InChI=1S/C14H17N5O2/c1-10(20)18(2)13-12(9-17-19(3)14(13)21)16-8-11-4-6-15-7-5-11/h4-7,9,16H,8H2,1-3H3. The van der Waals surface area contributed by atoms with E-state index in [1.807, 2.05) is 12.1 Å². The molecule has 0 aromatic carbocycles. The largest absolute Gasteiger partial charge is 0.378 e. The van der Waals surface area contributed by atoms with Crippen molar-refractivity contribution in [1.82, 2.24) is 14.8 Å². The summed E-state index contributed by atoms with van der Waals surface area (Å²) < 4.78 is 1.20. The first-order valence-corrected chi connectivity index (χ1v) is 6.44. The molecule has 7 heteroatoms. The van der Waals surface area contributed by atoms with Crippen LogP contribution in [0, 0.1) is 0 Å². The number of nitrogens with one attached hydrogen (secondary N) is 1. The molecule has 110 valence electrons. The fourth-order valence-electron chi connectivity index (χ4n) is 1.84. The number of carbonyl (C=O) groups is 1. The number of pyridine rings is 1. The molecule has 0 saturated carbocycles. The number of aryl methyl sites for hydroxylation is 1. The summed E-state index contributed by atoms with van der Waals surface area (Å²) in [5.74, 6) is -0.217. The lowest BCUT2D eigenvalue weighted by Crippen LogP contribution is -2.33. The number of nitrogens with zero attached hydrogens (tertiary/aromatic N) is 4. The molecule has 0 aliphatic rings. The molecule has 0 aliphatic heterocycles. The van der Waals surface area contributed by atoms with E-state index in [2.05, 4.69) is 15.4 Å². The lowest BCUT2D eigenvalue weighted by atomic mass is 10.2. The van der Waals surface area contributed by atoms with Crippen molar-refractivity contribution in [2.75, 3.05) is 17.3 Å². The predicted molar refractivity (Wildman–Crippen MR) is 80.1 cm³/mol. The monoisotopic (exact) mass is 287 g/mol. The second kappa shape index (κ2) is 6.17. The maximum atomic E-state index is 12.2. The van der Waals surface area contributed by atoms with Crippen molar-refractivity contribution in [3.05, 3.63) is 46.6 Å². The average Bonchev–Trinajstić information content (AvgIpc) is 2.48. The van der Waals surface area contributed by atoms with E-state index in [0.717, 1.165) is 5.56 Å². The predicted octanol–water partition coefficient (Wildman–Crippen LogP) is 0.770. The van der Waals surface area contributed by atoms with Crippen LogP contribution < -0.4 is 15.8 Å². The van der Waals surface area contributed by atoms with Gasteiger partial charge in [-0.25, -0.2) is 4.68 Å². The van der Waals surface area contributed by atoms with Crippen molar-refractivity contribution in [2.45, 2.75) is 13.5 Å². The molecule has 7 nitrogen and oxygen atoms in total. The Morgan fingerprint density at radius 1 is 1.38 bits per heavy atom. The Labute approximate surface area is 122 Å². The molecule has 0 spiro atoms. The van der Waals surface area contributed by atoms with Gasteiger partial charge in [-0.3, -0.25) is 14.6 Å². The summed E-state index contributed by atoms with van der Waals surface area (Å²) in [5, 5.41) is 7.12. The molecule has 2 rings (SSSR count). The molecule has 0 fully saturated rings. The number of rotatable bonds is 4. The minimum Gasteiger partial charge on any atom is -0.378 e. The lowest BCUT2D eigenvalue weighted by molar-refractivity contribution is -0.116. The van der Waals surface area contributed by atoms with Crippen LogP contribution in [0.2, 0.25) is 0 Å². The third-order valence-corrected chi connectivity index (χ3v) is 3.15. The Morgan fingerprint density at radius 3 is 2.67 bits per heavy atom. The second-order valence-corrected chi connectivity index (χ2v) is 4.62. The maximum absolute atomic E-state index is 12.2. The van der Waals surface area contributed by atoms with Crippen LogP contribution in [0.4, 0.5) is 11.4 Å². The topological polar surface area (TPSA) is 80.1 Å². The Balaban J connectivity index is 2.33. The molecular weight excluding hydrogens is 270 g/mol. The van der Waals surface area contributed by atoms with Gasteiger partial charge in [0.1, 0.15) is 5.69 Å². The van der Waals surface area contributed by atoms with Gasteiger partial charge in [0.15, 0.2) is 0 Å². The third kappa shape index (κ3) is 3.25. The molecule has 0 radical (unpaired) electrons. The zero-order chi connectivity index (χ0) is 15.4. The van der Waals surface area contributed by atoms with Crippen molar-refractivity contribution in [3.8, 4) is 0 Å². The van der Waals surface area contributed by atoms with Crippen LogP contribution in [0.25, 0.3) is 0 Å². The highest BCUT2D eigenvalue weighted by Crippen LogP contribution is 2.20. The van der Waals surface area contributed by atoms with Crippen LogP contribution in [0.15, 0.2) is 35.5 Å². The summed E-state index contributed by atoms with van der Waals surface area (Å²) in [6.45, 7) is 1.92. The van der Waals surface area contributed by atoms with Gasteiger partial charge in [0.05, 0.1) is 11.9 Å². The molecule has 1 N–H and O–H groups in total. The number of aromatic nitrogens is 3. The number of amides is 1. The van der Waals surface area contributed by atoms with E-state index in [1.54, 1.807) is 26.5 Å². The van der Waals surface area contributed by atoms with Crippen LogP contribution in [0.5, 0.6) is 0 Å². The summed E-state index contributed by atoms with van der Waals surface area (Å²) in [6, 6.07) is 3.74. The Hall–Kier alpha value is -2.70. The number of anilines is 2. The molecule has 2 aromatic heterocycles. The van der Waals surface area contributed by atoms with Crippen molar-refractivity contribution in [1.29, 1.82) is 0 Å². The van der Waals surface area contributed by atoms with Crippen molar-refractivity contribution in [3.63, 3.8) is 0 Å². The quantitative estimate of drug-likeness (QED) is 0.898. The van der Waals surface area contributed by atoms with Crippen LogP contribution in [-0.4, -0.2) is 27.7 Å². The number of carbonyl (C=O) groups excluding carboxylic acids is 1. The Bertz CT molecular complexity index is 696. The first-order chi connectivity index (χ1) is 10.0. The van der Waals surface area contributed by atoms with Gasteiger partial charge in [0.25, 0.3) is 5.56 Å². The minimum atomic E-state index is -0.326. The summed E-state index contributed by atoms with van der Waals surface area (Å²) in [6.07, 6.45) is 4.93. The average molecular weight is 287 g/mol. The number of hydrogen-bond donors (Lipinski definition) is 1. The van der Waals surface area contributed by atoms with Gasteiger partial charge in [-0.05, 0) is 17.7 Å². The summed E-state index contributed by atoms with van der Waals surface area (Å²) in [5.41, 5.74) is 1.50. The molecule has 21 heavy (non-hydrogen) atoms. The summed E-state index contributed by atoms with van der Waals surface area (Å²) in [4.78, 5) is 29.0. The molecular formula is C14H17N5O2. The molecule has 2 heterocycles. The van der Waals surface area contributed by atoms with E-state index in [-0.39, 0.29) is 17.2 Å². The SMILES string of the molecule is CC(=O)N(C)c1c(NCc2ccncc2)cnn(C)c1=O. The molecule has 1 amide bonds. The van der Waals surface area contributed by atoms with Crippen molar-refractivity contribution < 1.29 is 4.79 Å². The Kier molecular flexibility index (Phi) is 4.32. The van der Waals surface area contributed by atoms with E-state index < -0.39 is 0 Å². The normalized spacial score (nSPS) is 10.2. The molecule has 0 saturated heterocycles. The van der Waals surface area contributed by atoms with Crippen LogP contribution in [-0.2, 0) is 18.4 Å². The first-order valence-electron chi connectivity index (χ1n) is 6.44. The van der Waals surface area contributed by atoms with E-state index in [4.69, 9.17) is 0 Å². The van der Waals surface area contributed by atoms with Crippen LogP contribution in [0.3, 0.4) is 0 Å². The van der Waals surface area contributed by atoms with Crippen molar-refractivity contribution in [2.24, 2.45) is 7.05 Å². The van der Waals surface area contributed by atoms with Gasteiger partial charge < -0.3 is 10.2 Å². The highest BCUT2D eigenvalue weighted by atomic mass is 16.2. The van der Waals surface area contributed by atoms with E-state index >= 15 is 0 Å². The van der Waals surface area contributed by atoms with Gasteiger partial charge >= 0.3 is 0 Å². The second-order valence-electron chi connectivity index (χ2n) is 4.62. The van der Waals surface area contributed by atoms with Gasteiger partial charge in [-0.15, -0.1) is 0 Å². The van der Waals surface area contributed by atoms with Gasteiger partial charge in [0, 0.05) is 40.0 Å². The molecule has 0 aliphatic carbocycles. The first kappa shape index (κ1) is 14.7. The Morgan fingerprint density at radius 2 is 2.05 bits per heavy atom. The van der Waals surface area contributed by atoms with Crippen molar-refractivity contribution >= 4 is 17.3 Å². The van der Waals surface area contributed by atoms with Gasteiger partial charge in [-0.1, -0.05) is 0 Å². The number of hydrogen-bond acceptors (Lipinski definition) is 5.